The first-order chi connectivity index (χ1) is 16.0. The van der Waals surface area contributed by atoms with Gasteiger partial charge in [0.2, 0.25) is 6.79 Å². The van der Waals surface area contributed by atoms with Crippen molar-refractivity contribution < 1.29 is 28.8 Å². The molecule has 1 unspecified atom stereocenters. The second-order valence-corrected chi connectivity index (χ2v) is 8.06. The Morgan fingerprint density at radius 2 is 1.45 bits per heavy atom. The van der Waals surface area contributed by atoms with Crippen molar-refractivity contribution in [2.45, 2.75) is 25.2 Å². The van der Waals surface area contributed by atoms with Crippen molar-refractivity contribution in [1.29, 1.82) is 0 Å². The lowest BCUT2D eigenvalue weighted by Gasteiger charge is -2.40. The zero-order valence-corrected chi connectivity index (χ0v) is 19.0. The summed E-state index contributed by atoms with van der Waals surface area (Å²) < 4.78 is 21.6. The van der Waals surface area contributed by atoms with Gasteiger partial charge < -0.3 is 24.1 Å². The van der Waals surface area contributed by atoms with E-state index in [4.69, 9.17) is 18.9 Å². The summed E-state index contributed by atoms with van der Waals surface area (Å²) in [6.07, 6.45) is 0.922. The van der Waals surface area contributed by atoms with Gasteiger partial charge in [-0.05, 0) is 65.9 Å². The van der Waals surface area contributed by atoms with E-state index in [0.717, 1.165) is 28.2 Å². The van der Waals surface area contributed by atoms with E-state index in [1.54, 1.807) is 14.2 Å². The third-order valence-corrected chi connectivity index (χ3v) is 6.54. The van der Waals surface area contributed by atoms with Crippen molar-refractivity contribution in [3.63, 3.8) is 0 Å². The predicted octanol–water partition coefficient (Wildman–Crippen LogP) is 5.07. The monoisotopic (exact) mass is 448 g/mol. The Labute approximate surface area is 193 Å². The molecule has 1 aliphatic rings. The number of ether oxygens (including phenoxy) is 4. The van der Waals surface area contributed by atoms with E-state index in [0.29, 0.717) is 24.3 Å². The Morgan fingerprint density at radius 1 is 0.909 bits per heavy atom. The average molecular weight is 449 g/mol. The zero-order valence-electron chi connectivity index (χ0n) is 19.0. The zero-order chi connectivity index (χ0) is 23.4. The molecule has 0 saturated carbocycles. The van der Waals surface area contributed by atoms with Gasteiger partial charge in [-0.3, -0.25) is 4.79 Å². The van der Waals surface area contributed by atoms with Crippen molar-refractivity contribution in [2.75, 3.05) is 21.0 Å². The normalized spacial score (nSPS) is 13.4. The summed E-state index contributed by atoms with van der Waals surface area (Å²) in [5.41, 5.74) is 1.94. The van der Waals surface area contributed by atoms with Gasteiger partial charge in [0.15, 0.2) is 11.5 Å². The van der Waals surface area contributed by atoms with Gasteiger partial charge in [0, 0.05) is 5.41 Å². The quantitative estimate of drug-likeness (QED) is 0.493. The van der Waals surface area contributed by atoms with Gasteiger partial charge in [0.1, 0.15) is 11.5 Å². The molecule has 33 heavy (non-hydrogen) atoms. The number of methoxy groups -OCH3 is 2. The van der Waals surface area contributed by atoms with Crippen LogP contribution in [0.2, 0.25) is 0 Å². The molecule has 3 aromatic rings. The standard InChI is InChI=1S/C27H28O6/c1-4-27(19-6-10-21(30-2)11-7-19,20-8-12-22(31-3)13-9-20)23(26(28)29)15-18-5-14-24-25(16-18)33-17-32-24/h5-14,16,23H,4,15,17H2,1-3H3,(H,28,29). The van der Waals surface area contributed by atoms with Crippen LogP contribution in [0.4, 0.5) is 0 Å². The Bertz CT molecular complexity index is 1060. The molecule has 0 aliphatic carbocycles. The minimum absolute atomic E-state index is 0.178. The molecular formula is C27H28O6. The largest absolute Gasteiger partial charge is 0.497 e. The van der Waals surface area contributed by atoms with Crippen molar-refractivity contribution in [3.8, 4) is 23.0 Å². The van der Waals surface area contributed by atoms with Crippen LogP contribution in [0.1, 0.15) is 30.0 Å². The maximum Gasteiger partial charge on any atom is 0.308 e. The summed E-state index contributed by atoms with van der Waals surface area (Å²) in [6, 6.07) is 21.0. The number of aliphatic carboxylic acids is 1. The molecule has 0 aromatic heterocycles. The van der Waals surface area contributed by atoms with E-state index in [2.05, 4.69) is 0 Å². The van der Waals surface area contributed by atoms with E-state index in [9.17, 15) is 9.90 Å². The smallest absolute Gasteiger partial charge is 0.308 e. The van der Waals surface area contributed by atoms with Crippen molar-refractivity contribution in [2.24, 2.45) is 5.92 Å². The SMILES string of the molecule is CCC(c1ccc(OC)cc1)(c1ccc(OC)cc1)C(Cc1ccc2c(c1)OCO2)C(=O)O. The second-order valence-electron chi connectivity index (χ2n) is 8.06. The molecule has 0 saturated heterocycles. The minimum Gasteiger partial charge on any atom is -0.497 e. The van der Waals surface area contributed by atoms with Gasteiger partial charge in [0.05, 0.1) is 20.1 Å². The van der Waals surface area contributed by atoms with Crippen LogP contribution in [-0.2, 0) is 16.6 Å². The number of hydrogen-bond acceptors (Lipinski definition) is 5. The van der Waals surface area contributed by atoms with Crippen LogP contribution in [0.15, 0.2) is 66.7 Å². The van der Waals surface area contributed by atoms with E-state index in [1.165, 1.54) is 0 Å². The molecule has 0 amide bonds. The van der Waals surface area contributed by atoms with Gasteiger partial charge >= 0.3 is 5.97 Å². The summed E-state index contributed by atoms with van der Waals surface area (Å²) >= 11 is 0. The molecule has 0 spiro atoms. The number of benzene rings is 3. The first-order valence-electron chi connectivity index (χ1n) is 10.9. The molecule has 6 nitrogen and oxygen atoms in total. The minimum atomic E-state index is -0.860. The van der Waals surface area contributed by atoms with Crippen LogP contribution in [-0.4, -0.2) is 32.1 Å². The van der Waals surface area contributed by atoms with Crippen molar-refractivity contribution in [3.05, 3.63) is 83.4 Å². The highest BCUT2D eigenvalue weighted by Gasteiger charge is 2.45. The van der Waals surface area contributed by atoms with Crippen LogP contribution in [0.3, 0.4) is 0 Å². The van der Waals surface area contributed by atoms with E-state index in [1.807, 2.05) is 73.7 Å². The lowest BCUT2D eigenvalue weighted by atomic mass is 9.62. The van der Waals surface area contributed by atoms with Gasteiger partial charge in [-0.25, -0.2) is 0 Å². The molecule has 172 valence electrons. The molecule has 4 rings (SSSR count). The molecule has 0 bridgehead atoms. The number of carbonyl (C=O) groups is 1. The van der Waals surface area contributed by atoms with Crippen LogP contribution < -0.4 is 18.9 Å². The molecule has 1 atom stereocenters. The molecule has 6 heteroatoms. The highest BCUT2D eigenvalue weighted by Crippen LogP contribution is 2.45. The number of fused-ring (bicyclic) bond motifs is 1. The van der Waals surface area contributed by atoms with Crippen LogP contribution in [0.25, 0.3) is 0 Å². The maximum absolute atomic E-state index is 12.8. The Hall–Kier alpha value is -3.67. The third kappa shape index (κ3) is 4.21. The van der Waals surface area contributed by atoms with E-state index < -0.39 is 17.3 Å². The Kier molecular flexibility index (Phi) is 6.45. The fraction of sp³-hybridized carbons (Fsp3) is 0.296. The Morgan fingerprint density at radius 3 is 1.94 bits per heavy atom. The van der Waals surface area contributed by atoms with Crippen LogP contribution in [0, 0.1) is 5.92 Å². The highest BCUT2D eigenvalue weighted by atomic mass is 16.7. The molecule has 1 aliphatic heterocycles. The van der Waals surface area contributed by atoms with Gasteiger partial charge in [-0.15, -0.1) is 0 Å². The lowest BCUT2D eigenvalue weighted by molar-refractivity contribution is -0.144. The summed E-state index contributed by atoms with van der Waals surface area (Å²) in [5.74, 6) is 1.18. The van der Waals surface area contributed by atoms with Crippen LogP contribution in [0.5, 0.6) is 23.0 Å². The fourth-order valence-electron chi connectivity index (χ4n) is 4.78. The molecular weight excluding hydrogens is 420 g/mol. The number of rotatable bonds is 9. The molecule has 1 N–H and O–H groups in total. The Balaban J connectivity index is 1.84. The number of carboxylic acids is 1. The molecule has 0 fully saturated rings. The first-order valence-corrected chi connectivity index (χ1v) is 10.9. The highest BCUT2D eigenvalue weighted by molar-refractivity contribution is 5.75. The summed E-state index contributed by atoms with van der Waals surface area (Å²) in [4.78, 5) is 12.8. The van der Waals surface area contributed by atoms with Gasteiger partial charge in [-0.1, -0.05) is 37.3 Å². The van der Waals surface area contributed by atoms with Crippen molar-refractivity contribution in [1.82, 2.24) is 0 Å². The first kappa shape index (κ1) is 22.5. The summed E-state index contributed by atoms with van der Waals surface area (Å²) in [5, 5.41) is 10.5. The van der Waals surface area contributed by atoms with E-state index in [-0.39, 0.29) is 6.79 Å². The van der Waals surface area contributed by atoms with Crippen molar-refractivity contribution >= 4 is 5.97 Å². The number of hydrogen-bond donors (Lipinski definition) is 1. The van der Waals surface area contributed by atoms with Crippen LogP contribution >= 0.6 is 0 Å². The lowest BCUT2D eigenvalue weighted by Crippen LogP contribution is -2.42. The number of carboxylic acid groups (broad SMARTS) is 1. The van der Waals surface area contributed by atoms with Gasteiger partial charge in [-0.2, -0.15) is 0 Å². The molecule has 0 radical (unpaired) electrons. The second kappa shape index (κ2) is 9.45. The summed E-state index contributed by atoms with van der Waals surface area (Å²) in [6.45, 7) is 2.21. The average Bonchev–Trinajstić information content (AvgIpc) is 3.32. The van der Waals surface area contributed by atoms with Gasteiger partial charge in [0.25, 0.3) is 0 Å². The molecule has 1 heterocycles. The third-order valence-electron chi connectivity index (χ3n) is 6.54. The molecule has 3 aromatic carbocycles. The van der Waals surface area contributed by atoms with E-state index >= 15 is 0 Å². The maximum atomic E-state index is 12.8. The summed E-state index contributed by atoms with van der Waals surface area (Å²) in [7, 11) is 3.23. The predicted molar refractivity (Wildman–Crippen MR) is 124 cm³/mol. The fourth-order valence-corrected chi connectivity index (χ4v) is 4.78. The topological polar surface area (TPSA) is 74.2 Å².